The van der Waals surface area contributed by atoms with Crippen molar-refractivity contribution in [1.29, 1.82) is 0 Å². The summed E-state index contributed by atoms with van der Waals surface area (Å²) in [6.07, 6.45) is 0.646. The van der Waals surface area contributed by atoms with E-state index in [1.165, 1.54) is 6.92 Å². The van der Waals surface area contributed by atoms with E-state index in [0.717, 1.165) is 10.8 Å². The highest BCUT2D eigenvalue weighted by molar-refractivity contribution is 5.77. The number of H-pyrrole nitrogens is 1. The third-order valence-electron chi connectivity index (χ3n) is 4.04. The number of nitrogens with two attached hydrogens (primary N) is 1. The Morgan fingerprint density at radius 3 is 2.92 bits per heavy atom. The van der Waals surface area contributed by atoms with Gasteiger partial charge in [-0.3, -0.25) is 14.3 Å². The minimum atomic E-state index is -2.28. The first kappa shape index (κ1) is 16.4. The van der Waals surface area contributed by atoms with Crippen molar-refractivity contribution in [2.45, 2.75) is 37.1 Å². The molecule has 0 radical (unpaired) electrons. The van der Waals surface area contributed by atoms with Gasteiger partial charge in [0.2, 0.25) is 5.95 Å². The molecule has 10 heteroatoms. The number of nitrogens with one attached hydrogen (secondary N) is 1. The van der Waals surface area contributed by atoms with Gasteiger partial charge in [0.05, 0.1) is 6.10 Å². The second kappa shape index (κ2) is 5.29. The molecule has 9 nitrogen and oxygen atoms in total. The Labute approximate surface area is 134 Å². The van der Waals surface area contributed by atoms with Gasteiger partial charge in [-0.05, 0) is 6.92 Å². The highest BCUT2D eigenvalue weighted by Gasteiger charge is 2.57. The van der Waals surface area contributed by atoms with Crippen molar-refractivity contribution < 1.29 is 24.4 Å². The molecule has 0 aliphatic carbocycles. The summed E-state index contributed by atoms with van der Waals surface area (Å²) in [5.74, 6) is 0.798. The molecule has 3 heterocycles. The number of aliphatic hydroxyl groups excluding tert-OH is 2. The molecule has 128 valence electrons. The van der Waals surface area contributed by atoms with Gasteiger partial charge in [-0.1, -0.05) is 5.92 Å². The van der Waals surface area contributed by atoms with Gasteiger partial charge < -0.3 is 25.8 Å². The molecule has 2 aromatic rings. The number of halogens is 1. The number of terminal acetylenes is 1. The lowest BCUT2D eigenvalue weighted by atomic mass is 9.93. The molecular formula is C14H15FN4O5. The fourth-order valence-electron chi connectivity index (χ4n) is 2.84. The Balaban J connectivity index is 2.24. The molecule has 0 saturated carbocycles. The highest BCUT2D eigenvalue weighted by Crippen LogP contribution is 2.40. The first-order valence-corrected chi connectivity index (χ1v) is 6.98. The summed E-state index contributed by atoms with van der Waals surface area (Å²) < 4.78 is 20.6. The molecule has 1 aliphatic heterocycles. The number of aliphatic hydroxyl groups is 3. The summed E-state index contributed by atoms with van der Waals surface area (Å²) in [6.45, 7) is 1.34. The first-order valence-electron chi connectivity index (χ1n) is 6.98. The number of ether oxygens (including phenoxy) is 1. The van der Waals surface area contributed by atoms with Crippen molar-refractivity contribution in [2.75, 3.05) is 5.73 Å². The van der Waals surface area contributed by atoms with Gasteiger partial charge in [0.25, 0.3) is 5.56 Å². The molecule has 1 fully saturated rings. The number of anilines is 1. The second-order valence-electron chi connectivity index (χ2n) is 5.64. The lowest BCUT2D eigenvalue weighted by Gasteiger charge is -2.26. The van der Waals surface area contributed by atoms with E-state index in [-0.39, 0.29) is 11.6 Å². The van der Waals surface area contributed by atoms with Crippen molar-refractivity contribution in [3.05, 3.63) is 22.4 Å². The van der Waals surface area contributed by atoms with E-state index in [9.17, 15) is 24.5 Å². The van der Waals surface area contributed by atoms with Crippen molar-refractivity contribution in [3.8, 4) is 12.3 Å². The van der Waals surface area contributed by atoms with E-state index in [0.29, 0.717) is 0 Å². The summed E-state index contributed by atoms with van der Waals surface area (Å²) in [5.41, 5.74) is 2.16. The fraction of sp³-hybridized carbons (Fsp3) is 0.429. The smallest absolute Gasteiger partial charge is 0.264 e. The normalized spacial score (nSPS) is 31.2. The van der Waals surface area contributed by atoms with E-state index < -0.39 is 46.9 Å². The van der Waals surface area contributed by atoms with Crippen LogP contribution in [0.15, 0.2) is 11.0 Å². The quantitative estimate of drug-likeness (QED) is 0.417. The lowest BCUT2D eigenvalue weighted by Crippen LogP contribution is -2.47. The first-order chi connectivity index (χ1) is 11.2. The van der Waals surface area contributed by atoms with E-state index in [2.05, 4.69) is 9.97 Å². The number of hydrogen-bond acceptors (Lipinski definition) is 7. The average Bonchev–Trinajstić information content (AvgIpc) is 2.95. The standard InChI is InChI=1S/C14H15FN4O5/c1-3-14(23)9(21)8(5(2)20)24-12(14)19-4-6(15)7-10(19)17-13(16)18-11(7)22/h1,4-5,8-9,12,20-21,23H,2H3,(H3,16,17,18,22)/t5-,8+,9?,12+,14+/m0/s1. The summed E-state index contributed by atoms with van der Waals surface area (Å²) in [7, 11) is 0. The van der Waals surface area contributed by atoms with Gasteiger partial charge in [0.1, 0.15) is 17.6 Å². The summed E-state index contributed by atoms with van der Waals surface area (Å²) in [5, 5.41) is 30.1. The molecule has 1 unspecified atom stereocenters. The van der Waals surface area contributed by atoms with Crippen LogP contribution in [0.3, 0.4) is 0 Å². The molecular weight excluding hydrogens is 323 g/mol. The Kier molecular flexibility index (Phi) is 3.61. The molecule has 24 heavy (non-hydrogen) atoms. The Morgan fingerprint density at radius 2 is 2.33 bits per heavy atom. The van der Waals surface area contributed by atoms with E-state index in [1.807, 2.05) is 5.92 Å². The predicted molar refractivity (Wildman–Crippen MR) is 80.1 cm³/mol. The maximum absolute atomic E-state index is 14.1. The van der Waals surface area contributed by atoms with Gasteiger partial charge in [-0.15, -0.1) is 6.42 Å². The van der Waals surface area contributed by atoms with Crippen LogP contribution in [-0.4, -0.2) is 53.8 Å². The molecule has 1 aliphatic rings. The van der Waals surface area contributed by atoms with Crippen molar-refractivity contribution >= 4 is 17.0 Å². The van der Waals surface area contributed by atoms with Crippen LogP contribution in [0.1, 0.15) is 13.2 Å². The monoisotopic (exact) mass is 338 g/mol. The van der Waals surface area contributed by atoms with Crippen LogP contribution >= 0.6 is 0 Å². The lowest BCUT2D eigenvalue weighted by molar-refractivity contribution is -0.0846. The van der Waals surface area contributed by atoms with Crippen LogP contribution in [0.2, 0.25) is 0 Å². The van der Waals surface area contributed by atoms with Gasteiger partial charge in [0.15, 0.2) is 23.3 Å². The molecule has 0 bridgehead atoms. The largest absolute Gasteiger partial charge is 0.391 e. The average molecular weight is 338 g/mol. The minimum absolute atomic E-state index is 0.217. The van der Waals surface area contributed by atoms with E-state index in [4.69, 9.17) is 16.9 Å². The Bertz CT molecular complexity index is 901. The van der Waals surface area contributed by atoms with Gasteiger partial charge in [-0.25, -0.2) is 4.39 Å². The number of fused-ring (bicyclic) bond motifs is 1. The van der Waals surface area contributed by atoms with Crippen LogP contribution in [0.25, 0.3) is 11.0 Å². The molecule has 0 spiro atoms. The molecule has 0 aromatic carbocycles. The maximum Gasteiger partial charge on any atom is 0.264 e. The van der Waals surface area contributed by atoms with Gasteiger partial charge in [0, 0.05) is 6.20 Å². The molecule has 3 rings (SSSR count). The second-order valence-corrected chi connectivity index (χ2v) is 5.64. The number of nitrogen functional groups attached to an aromatic ring is 1. The topological polar surface area (TPSA) is 147 Å². The number of rotatable bonds is 2. The number of aromatic nitrogens is 3. The zero-order valence-corrected chi connectivity index (χ0v) is 12.5. The number of aromatic amines is 1. The summed E-state index contributed by atoms with van der Waals surface area (Å²) >= 11 is 0. The van der Waals surface area contributed by atoms with Crippen LogP contribution in [0.5, 0.6) is 0 Å². The SMILES string of the molecule is C#C[C@@]1(O)C(O)[C@@H]([C@H](C)O)O[C@H]1n1cc(F)c2c(=O)[nH]c(N)nc21. The van der Waals surface area contributed by atoms with Crippen molar-refractivity contribution in [3.63, 3.8) is 0 Å². The maximum atomic E-state index is 14.1. The molecule has 0 amide bonds. The fourth-order valence-corrected chi connectivity index (χ4v) is 2.84. The zero-order chi connectivity index (χ0) is 17.8. The number of nitrogens with zero attached hydrogens (tertiary/aromatic N) is 2. The van der Waals surface area contributed by atoms with E-state index in [1.54, 1.807) is 0 Å². The van der Waals surface area contributed by atoms with E-state index >= 15 is 0 Å². The van der Waals surface area contributed by atoms with Crippen LogP contribution in [0.4, 0.5) is 10.3 Å². The van der Waals surface area contributed by atoms with Crippen LogP contribution in [0, 0.1) is 18.2 Å². The minimum Gasteiger partial charge on any atom is -0.391 e. The van der Waals surface area contributed by atoms with Crippen molar-refractivity contribution in [1.82, 2.24) is 14.5 Å². The number of hydrogen-bond donors (Lipinski definition) is 5. The third-order valence-corrected chi connectivity index (χ3v) is 4.04. The van der Waals surface area contributed by atoms with Crippen LogP contribution in [-0.2, 0) is 4.74 Å². The molecule has 2 aromatic heterocycles. The third kappa shape index (κ3) is 2.10. The summed E-state index contributed by atoms with van der Waals surface area (Å²) in [4.78, 5) is 17.8. The Morgan fingerprint density at radius 1 is 1.67 bits per heavy atom. The van der Waals surface area contributed by atoms with Crippen LogP contribution < -0.4 is 11.3 Å². The summed E-state index contributed by atoms with van der Waals surface area (Å²) in [6, 6.07) is 0. The predicted octanol–water partition coefficient (Wildman–Crippen LogP) is -1.55. The Hall–Kier alpha value is -2.45. The molecule has 6 N–H and O–H groups in total. The van der Waals surface area contributed by atoms with Gasteiger partial charge in [-0.2, -0.15) is 4.98 Å². The van der Waals surface area contributed by atoms with Gasteiger partial charge >= 0.3 is 0 Å². The molecule has 1 saturated heterocycles. The zero-order valence-electron chi connectivity index (χ0n) is 12.5. The molecule has 5 atom stereocenters. The van der Waals surface area contributed by atoms with Crippen molar-refractivity contribution in [2.24, 2.45) is 0 Å². The highest BCUT2D eigenvalue weighted by atomic mass is 19.1.